The summed E-state index contributed by atoms with van der Waals surface area (Å²) in [6.45, 7) is 0. The van der Waals surface area contributed by atoms with Crippen molar-refractivity contribution in [3.05, 3.63) is 0 Å². The number of morpholine rings is 1. The van der Waals surface area contributed by atoms with Gasteiger partial charge in [-0.25, -0.2) is 0 Å². The van der Waals surface area contributed by atoms with Crippen LogP contribution in [-0.2, 0) is 4.74 Å². The zero-order valence-corrected chi connectivity index (χ0v) is 20.6. The first-order chi connectivity index (χ1) is 15.0. The molecule has 2 N–H and O–H groups in total. The zero-order chi connectivity index (χ0) is 21.5. The molecule has 178 valence electrons. The number of fused-ring (bicyclic) bond motifs is 4. The summed E-state index contributed by atoms with van der Waals surface area (Å²) in [6.07, 6.45) is 16.9. The minimum Gasteiger partial charge on any atom is -0.372 e. The van der Waals surface area contributed by atoms with Gasteiger partial charge in [-0.1, -0.05) is 12.8 Å². The summed E-state index contributed by atoms with van der Waals surface area (Å²) in [6, 6.07) is 4.05. The molecule has 1 heterocycles. The van der Waals surface area contributed by atoms with Gasteiger partial charge in [0.15, 0.2) is 0 Å². The Balaban J connectivity index is 1.25. The Labute approximate surface area is 191 Å². The number of rotatable bonds is 4. The molecule has 1 saturated heterocycles. The number of ether oxygens (including phenoxy) is 1. The molecule has 0 radical (unpaired) electrons. The highest BCUT2D eigenvalue weighted by Crippen LogP contribution is 2.45. The van der Waals surface area contributed by atoms with E-state index in [-0.39, 0.29) is 0 Å². The molecule has 0 aromatic carbocycles. The molecule has 0 bridgehead atoms. The maximum Gasteiger partial charge on any atom is 0.0750 e. The maximum atomic E-state index is 6.96. The summed E-state index contributed by atoms with van der Waals surface area (Å²) in [7, 11) is 8.97. The summed E-state index contributed by atoms with van der Waals surface area (Å²) >= 11 is 0. The molecule has 8 unspecified atom stereocenters. The fraction of sp³-hybridized carbons (Fsp3) is 1.00. The van der Waals surface area contributed by atoms with Crippen molar-refractivity contribution in [1.82, 2.24) is 20.4 Å². The fourth-order valence-corrected chi connectivity index (χ4v) is 8.00. The Kier molecular flexibility index (Phi) is 6.98. The van der Waals surface area contributed by atoms with Crippen LogP contribution < -0.4 is 10.6 Å². The Morgan fingerprint density at radius 3 is 2.10 bits per heavy atom. The molecule has 4 aliphatic carbocycles. The Morgan fingerprint density at radius 2 is 1.39 bits per heavy atom. The first-order valence-electron chi connectivity index (χ1n) is 13.5. The summed E-state index contributed by atoms with van der Waals surface area (Å²) in [5.74, 6) is 1.67. The van der Waals surface area contributed by atoms with Crippen molar-refractivity contribution < 1.29 is 4.74 Å². The van der Waals surface area contributed by atoms with Gasteiger partial charge in [0.05, 0.1) is 12.2 Å². The van der Waals surface area contributed by atoms with Gasteiger partial charge in [0.25, 0.3) is 0 Å². The quantitative estimate of drug-likeness (QED) is 0.714. The van der Waals surface area contributed by atoms with Gasteiger partial charge in [0, 0.05) is 36.3 Å². The van der Waals surface area contributed by atoms with Crippen LogP contribution in [0.1, 0.15) is 77.0 Å². The smallest absolute Gasteiger partial charge is 0.0750 e. The number of nitrogens with zero attached hydrogens (tertiary/aromatic N) is 2. The van der Waals surface area contributed by atoms with Crippen LogP contribution in [-0.4, -0.2) is 86.4 Å². The van der Waals surface area contributed by atoms with Gasteiger partial charge in [-0.15, -0.1) is 0 Å². The van der Waals surface area contributed by atoms with Crippen LogP contribution in [0.4, 0.5) is 0 Å². The lowest BCUT2D eigenvalue weighted by Gasteiger charge is -2.56. The van der Waals surface area contributed by atoms with Gasteiger partial charge in [-0.05, 0) is 104 Å². The molecule has 1 aliphatic heterocycles. The van der Waals surface area contributed by atoms with Gasteiger partial charge < -0.3 is 25.2 Å². The van der Waals surface area contributed by atoms with Crippen LogP contribution >= 0.6 is 0 Å². The normalized spacial score (nSPS) is 48.2. The minimum atomic E-state index is 0.414. The molecular formula is C26H48N4O. The third-order valence-corrected chi connectivity index (χ3v) is 9.87. The summed E-state index contributed by atoms with van der Waals surface area (Å²) in [4.78, 5) is 4.85. The second-order valence-corrected chi connectivity index (χ2v) is 12.0. The van der Waals surface area contributed by atoms with Gasteiger partial charge in [0.1, 0.15) is 0 Å². The van der Waals surface area contributed by atoms with E-state index in [1.165, 1.54) is 77.0 Å². The molecular weight excluding hydrogens is 384 g/mol. The molecule has 31 heavy (non-hydrogen) atoms. The molecule has 5 nitrogen and oxygen atoms in total. The molecule has 5 aliphatic rings. The first-order valence-corrected chi connectivity index (χ1v) is 13.5. The van der Waals surface area contributed by atoms with E-state index in [1.807, 2.05) is 0 Å². The number of hydrogen-bond acceptors (Lipinski definition) is 5. The molecule has 5 fully saturated rings. The number of hydrogen-bond donors (Lipinski definition) is 2. The van der Waals surface area contributed by atoms with E-state index in [1.54, 1.807) is 0 Å². The topological polar surface area (TPSA) is 39.8 Å². The van der Waals surface area contributed by atoms with Gasteiger partial charge in [-0.3, -0.25) is 0 Å². The van der Waals surface area contributed by atoms with Crippen LogP contribution in [0.3, 0.4) is 0 Å². The van der Waals surface area contributed by atoms with E-state index in [4.69, 9.17) is 4.74 Å². The van der Waals surface area contributed by atoms with Crippen molar-refractivity contribution in [1.29, 1.82) is 0 Å². The predicted octanol–water partition coefficient (Wildman–Crippen LogP) is 3.24. The average molecular weight is 433 g/mol. The molecule has 0 amide bonds. The standard InChI is InChI=1S/C26H48N4O/c1-29(2)18-11-9-17(10-12-18)27-23-16-25-26(21-8-6-5-7-20(21)23)28-22-14-13-19(30(3)4)15-24(22)31-25/h17-28H,5-16H2,1-4H3. The summed E-state index contributed by atoms with van der Waals surface area (Å²) in [5.41, 5.74) is 0. The van der Waals surface area contributed by atoms with E-state index in [0.29, 0.717) is 36.4 Å². The van der Waals surface area contributed by atoms with Crippen molar-refractivity contribution >= 4 is 0 Å². The highest BCUT2D eigenvalue weighted by Gasteiger charge is 2.51. The summed E-state index contributed by atoms with van der Waals surface area (Å²) in [5, 5.41) is 8.40. The largest absolute Gasteiger partial charge is 0.372 e. The zero-order valence-electron chi connectivity index (χ0n) is 20.6. The third-order valence-electron chi connectivity index (χ3n) is 9.87. The Bertz CT molecular complexity index is 590. The first kappa shape index (κ1) is 22.6. The highest BCUT2D eigenvalue weighted by molar-refractivity contribution is 5.07. The second-order valence-electron chi connectivity index (χ2n) is 12.0. The fourth-order valence-electron chi connectivity index (χ4n) is 8.00. The Morgan fingerprint density at radius 1 is 0.710 bits per heavy atom. The monoisotopic (exact) mass is 432 g/mol. The molecule has 0 spiro atoms. The van der Waals surface area contributed by atoms with Crippen molar-refractivity contribution in [2.45, 2.75) is 126 Å². The van der Waals surface area contributed by atoms with Crippen LogP contribution in [0.15, 0.2) is 0 Å². The third kappa shape index (κ3) is 4.73. The van der Waals surface area contributed by atoms with Crippen molar-refractivity contribution in [2.24, 2.45) is 11.8 Å². The Hall–Kier alpha value is -0.200. The van der Waals surface area contributed by atoms with Gasteiger partial charge >= 0.3 is 0 Å². The van der Waals surface area contributed by atoms with E-state index in [9.17, 15) is 0 Å². The lowest BCUT2D eigenvalue weighted by Crippen LogP contribution is -2.69. The molecule has 4 saturated carbocycles. The predicted molar refractivity (Wildman–Crippen MR) is 127 cm³/mol. The van der Waals surface area contributed by atoms with Crippen molar-refractivity contribution in [3.8, 4) is 0 Å². The molecule has 0 aromatic heterocycles. The van der Waals surface area contributed by atoms with E-state index >= 15 is 0 Å². The minimum absolute atomic E-state index is 0.414. The maximum absolute atomic E-state index is 6.96. The number of nitrogens with one attached hydrogen (secondary N) is 2. The van der Waals surface area contributed by atoms with Gasteiger partial charge in [-0.2, -0.15) is 0 Å². The highest BCUT2D eigenvalue weighted by atomic mass is 16.5. The second kappa shape index (κ2) is 9.58. The summed E-state index contributed by atoms with van der Waals surface area (Å²) < 4.78 is 6.96. The van der Waals surface area contributed by atoms with Crippen LogP contribution in [0.25, 0.3) is 0 Å². The molecule has 5 rings (SSSR count). The molecule has 0 aromatic rings. The lowest BCUT2D eigenvalue weighted by atomic mass is 9.63. The van der Waals surface area contributed by atoms with Gasteiger partial charge in [0.2, 0.25) is 0 Å². The molecule has 8 atom stereocenters. The SMILES string of the molecule is CN(C)C1CCC(NC2CC3OC4CC(N(C)C)CCC4NC3C3CCCCC23)CC1. The van der Waals surface area contributed by atoms with E-state index in [0.717, 1.165) is 23.9 Å². The van der Waals surface area contributed by atoms with Crippen molar-refractivity contribution in [2.75, 3.05) is 28.2 Å². The average Bonchev–Trinajstić information content (AvgIpc) is 2.78. The van der Waals surface area contributed by atoms with E-state index < -0.39 is 0 Å². The molecule has 5 heteroatoms. The van der Waals surface area contributed by atoms with Crippen molar-refractivity contribution in [3.63, 3.8) is 0 Å². The lowest BCUT2D eigenvalue weighted by molar-refractivity contribution is -0.152. The van der Waals surface area contributed by atoms with Crippen LogP contribution in [0.2, 0.25) is 0 Å². The van der Waals surface area contributed by atoms with Crippen LogP contribution in [0.5, 0.6) is 0 Å². The van der Waals surface area contributed by atoms with Crippen LogP contribution in [0, 0.1) is 11.8 Å². The van der Waals surface area contributed by atoms with E-state index in [2.05, 4.69) is 48.6 Å².